The van der Waals surface area contributed by atoms with Crippen LogP contribution < -0.4 is 4.74 Å². The van der Waals surface area contributed by atoms with Crippen LogP contribution in [0.2, 0.25) is 0 Å². The summed E-state index contributed by atoms with van der Waals surface area (Å²) in [7, 11) is 0. The highest BCUT2D eigenvalue weighted by Crippen LogP contribution is 2.30. The third-order valence-electron chi connectivity index (χ3n) is 2.13. The van der Waals surface area contributed by atoms with Crippen molar-refractivity contribution in [2.75, 3.05) is 6.79 Å². The van der Waals surface area contributed by atoms with Crippen LogP contribution in [0.15, 0.2) is 12.1 Å². The molecule has 1 aromatic carbocycles. The minimum Gasteiger partial charge on any atom is -0.467 e. The zero-order valence-corrected chi connectivity index (χ0v) is 7.65. The van der Waals surface area contributed by atoms with Crippen molar-refractivity contribution in [2.24, 2.45) is 0 Å². The lowest BCUT2D eigenvalue weighted by molar-refractivity contribution is -0.385. The lowest BCUT2D eigenvalue weighted by Crippen LogP contribution is -2.11. The van der Waals surface area contributed by atoms with Gasteiger partial charge in [0.05, 0.1) is 11.5 Å². The molecule has 0 N–H and O–H groups in total. The van der Waals surface area contributed by atoms with Crippen molar-refractivity contribution in [3.63, 3.8) is 0 Å². The Kier molecular flexibility index (Phi) is 2.09. The molecule has 0 bridgehead atoms. The van der Waals surface area contributed by atoms with Crippen LogP contribution in [0.1, 0.15) is 11.1 Å². The molecule has 1 aliphatic heterocycles. The summed E-state index contributed by atoms with van der Waals surface area (Å²) < 4.78 is 10.2. The summed E-state index contributed by atoms with van der Waals surface area (Å²) in [5.41, 5.74) is 1.45. The molecular weight excluding hydrogens is 186 g/mol. The van der Waals surface area contributed by atoms with E-state index in [0.717, 1.165) is 5.56 Å². The molecule has 1 heterocycles. The van der Waals surface area contributed by atoms with Gasteiger partial charge in [-0.15, -0.1) is 0 Å². The van der Waals surface area contributed by atoms with E-state index in [9.17, 15) is 10.1 Å². The minimum atomic E-state index is -0.399. The van der Waals surface area contributed by atoms with E-state index in [2.05, 4.69) is 0 Å². The largest absolute Gasteiger partial charge is 0.467 e. The van der Waals surface area contributed by atoms with Crippen molar-refractivity contribution in [1.82, 2.24) is 0 Å². The second kappa shape index (κ2) is 3.26. The first-order valence-electron chi connectivity index (χ1n) is 4.17. The highest BCUT2D eigenvalue weighted by Gasteiger charge is 2.18. The van der Waals surface area contributed by atoms with Crippen LogP contribution in [0.25, 0.3) is 0 Å². The van der Waals surface area contributed by atoms with Gasteiger partial charge < -0.3 is 9.47 Å². The number of nitrogens with zero attached hydrogens (tertiary/aromatic N) is 1. The second-order valence-electron chi connectivity index (χ2n) is 3.11. The van der Waals surface area contributed by atoms with Gasteiger partial charge in [-0.1, -0.05) is 0 Å². The smallest absolute Gasteiger partial charge is 0.272 e. The molecule has 5 heteroatoms. The van der Waals surface area contributed by atoms with Gasteiger partial charge in [-0.05, 0) is 13.0 Å². The zero-order chi connectivity index (χ0) is 10.1. The maximum atomic E-state index is 10.6. The van der Waals surface area contributed by atoms with Crippen LogP contribution in [0.5, 0.6) is 5.75 Å². The van der Waals surface area contributed by atoms with Gasteiger partial charge >= 0.3 is 0 Å². The molecule has 74 valence electrons. The predicted octanol–water partition coefficient (Wildman–Crippen LogP) is 1.77. The molecule has 0 radical (unpaired) electrons. The highest BCUT2D eigenvalue weighted by molar-refractivity contribution is 5.49. The van der Waals surface area contributed by atoms with Crippen LogP contribution in [-0.2, 0) is 11.3 Å². The van der Waals surface area contributed by atoms with Gasteiger partial charge in [0.25, 0.3) is 5.69 Å². The molecule has 0 saturated heterocycles. The van der Waals surface area contributed by atoms with E-state index < -0.39 is 4.92 Å². The van der Waals surface area contributed by atoms with Crippen LogP contribution >= 0.6 is 0 Å². The fourth-order valence-corrected chi connectivity index (χ4v) is 1.41. The maximum absolute atomic E-state index is 10.6. The summed E-state index contributed by atoms with van der Waals surface area (Å²) in [6.45, 7) is 2.28. The van der Waals surface area contributed by atoms with E-state index in [0.29, 0.717) is 17.9 Å². The molecule has 0 saturated carbocycles. The number of hydrogen-bond acceptors (Lipinski definition) is 4. The topological polar surface area (TPSA) is 61.6 Å². The molecule has 5 nitrogen and oxygen atoms in total. The molecule has 0 fully saturated rings. The van der Waals surface area contributed by atoms with Crippen LogP contribution in [0.3, 0.4) is 0 Å². The van der Waals surface area contributed by atoms with Crippen molar-refractivity contribution in [2.45, 2.75) is 13.5 Å². The third-order valence-corrected chi connectivity index (χ3v) is 2.13. The fourth-order valence-electron chi connectivity index (χ4n) is 1.41. The molecule has 0 atom stereocenters. The Balaban J connectivity index is 2.50. The van der Waals surface area contributed by atoms with E-state index >= 15 is 0 Å². The Morgan fingerprint density at radius 3 is 3.00 bits per heavy atom. The second-order valence-corrected chi connectivity index (χ2v) is 3.11. The quantitative estimate of drug-likeness (QED) is 0.506. The van der Waals surface area contributed by atoms with Crippen molar-refractivity contribution >= 4 is 5.69 Å². The Bertz CT molecular complexity index is 389. The fraction of sp³-hybridized carbons (Fsp3) is 0.333. The molecule has 14 heavy (non-hydrogen) atoms. The summed E-state index contributed by atoms with van der Waals surface area (Å²) in [6.07, 6.45) is 0. The van der Waals surface area contributed by atoms with Crippen molar-refractivity contribution in [1.29, 1.82) is 0 Å². The first kappa shape index (κ1) is 8.96. The average Bonchev–Trinajstić information content (AvgIpc) is 2.16. The minimum absolute atomic E-state index is 0.109. The molecular formula is C9H9NO4. The molecule has 0 aliphatic carbocycles. The Morgan fingerprint density at radius 1 is 1.50 bits per heavy atom. The van der Waals surface area contributed by atoms with Crippen LogP contribution in [0, 0.1) is 17.0 Å². The summed E-state index contributed by atoms with van der Waals surface area (Å²) >= 11 is 0. The Morgan fingerprint density at radius 2 is 2.29 bits per heavy atom. The van der Waals surface area contributed by atoms with Crippen molar-refractivity contribution < 1.29 is 14.4 Å². The first-order chi connectivity index (χ1) is 6.68. The SMILES string of the molecule is Cc1cc2c(cc1[N+](=O)[O-])COCO2. The Hall–Kier alpha value is -1.62. The number of fused-ring (bicyclic) bond motifs is 1. The molecule has 0 aromatic heterocycles. The number of nitro groups is 1. The summed E-state index contributed by atoms with van der Waals surface area (Å²) in [6, 6.07) is 3.18. The third kappa shape index (κ3) is 1.42. The number of benzene rings is 1. The summed E-state index contributed by atoms with van der Waals surface area (Å²) in [5, 5.41) is 10.6. The molecule has 1 aliphatic rings. The van der Waals surface area contributed by atoms with Gasteiger partial charge in [0.2, 0.25) is 0 Å². The molecule has 0 spiro atoms. The van der Waals surface area contributed by atoms with E-state index in [1.807, 2.05) is 0 Å². The monoisotopic (exact) mass is 195 g/mol. The zero-order valence-electron chi connectivity index (χ0n) is 7.65. The maximum Gasteiger partial charge on any atom is 0.272 e. The van der Waals surface area contributed by atoms with Gasteiger partial charge in [-0.25, -0.2) is 0 Å². The predicted molar refractivity (Wildman–Crippen MR) is 48.1 cm³/mol. The highest BCUT2D eigenvalue weighted by atomic mass is 16.7. The van der Waals surface area contributed by atoms with E-state index in [1.165, 1.54) is 6.07 Å². The van der Waals surface area contributed by atoms with Crippen molar-refractivity contribution in [3.05, 3.63) is 33.4 Å². The van der Waals surface area contributed by atoms with E-state index in [1.54, 1.807) is 13.0 Å². The van der Waals surface area contributed by atoms with Crippen molar-refractivity contribution in [3.8, 4) is 5.75 Å². The standard InChI is InChI=1S/C9H9NO4/c1-6-2-9-7(4-13-5-14-9)3-8(6)10(11)12/h2-3H,4-5H2,1H3. The van der Waals surface area contributed by atoms with Crippen LogP contribution in [0.4, 0.5) is 5.69 Å². The summed E-state index contributed by atoms with van der Waals surface area (Å²) in [5.74, 6) is 0.680. The number of rotatable bonds is 1. The van der Waals surface area contributed by atoms with Gasteiger partial charge in [0, 0.05) is 17.2 Å². The van der Waals surface area contributed by atoms with Gasteiger partial charge in [-0.3, -0.25) is 10.1 Å². The molecule has 0 amide bonds. The number of nitro benzene ring substituents is 1. The Labute approximate surface area is 80.4 Å². The number of ether oxygens (including phenoxy) is 2. The van der Waals surface area contributed by atoms with Crippen LogP contribution in [-0.4, -0.2) is 11.7 Å². The number of aryl methyl sites for hydroxylation is 1. The average molecular weight is 195 g/mol. The summed E-state index contributed by atoms with van der Waals surface area (Å²) in [4.78, 5) is 10.2. The molecule has 0 unspecified atom stereocenters. The lowest BCUT2D eigenvalue weighted by atomic mass is 10.1. The lowest BCUT2D eigenvalue weighted by Gasteiger charge is -2.17. The van der Waals surface area contributed by atoms with Gasteiger partial charge in [0.1, 0.15) is 5.75 Å². The first-order valence-corrected chi connectivity index (χ1v) is 4.17. The van der Waals surface area contributed by atoms with E-state index in [-0.39, 0.29) is 12.5 Å². The molecule has 1 aromatic rings. The van der Waals surface area contributed by atoms with Gasteiger partial charge in [0.15, 0.2) is 6.79 Å². The number of hydrogen-bond donors (Lipinski definition) is 0. The van der Waals surface area contributed by atoms with Gasteiger partial charge in [-0.2, -0.15) is 0 Å². The normalized spacial score (nSPS) is 14.4. The molecule has 2 rings (SSSR count). The van der Waals surface area contributed by atoms with E-state index in [4.69, 9.17) is 9.47 Å².